The number of benzene rings is 3. The summed E-state index contributed by atoms with van der Waals surface area (Å²) in [4.78, 5) is 0. The molecule has 0 fully saturated rings. The number of aliphatic hydroxyl groups excluding tert-OH is 1. The molecule has 3 rings (SSSR count). The van der Waals surface area contributed by atoms with Gasteiger partial charge in [-0.1, -0.05) is 55.0 Å². The Bertz CT molecular complexity index is 863. The molecule has 3 aromatic carbocycles. The van der Waals surface area contributed by atoms with Crippen LogP contribution in [0.25, 0.3) is 22.3 Å². The summed E-state index contributed by atoms with van der Waals surface area (Å²) in [7, 11) is 0. The van der Waals surface area contributed by atoms with Gasteiger partial charge in [0.2, 0.25) is 0 Å². The first-order chi connectivity index (χ1) is 13.1. The molecule has 0 heterocycles. The SMILES string of the molecule is OCCCCCc1ccc(-c2ccc(-c3cc(F)c(F)c(F)c3)cc2)cc1. The summed E-state index contributed by atoms with van der Waals surface area (Å²) in [5, 5.41) is 8.80. The average molecular weight is 370 g/mol. The van der Waals surface area contributed by atoms with Gasteiger partial charge in [0, 0.05) is 6.61 Å². The van der Waals surface area contributed by atoms with Gasteiger partial charge in [-0.05, 0) is 59.2 Å². The summed E-state index contributed by atoms with van der Waals surface area (Å²) in [5.41, 5.74) is 4.23. The molecule has 140 valence electrons. The molecule has 0 atom stereocenters. The first kappa shape index (κ1) is 19.2. The molecule has 1 N–H and O–H groups in total. The van der Waals surface area contributed by atoms with Crippen LogP contribution in [0.1, 0.15) is 24.8 Å². The highest BCUT2D eigenvalue weighted by Gasteiger charge is 2.11. The van der Waals surface area contributed by atoms with E-state index in [9.17, 15) is 13.2 Å². The van der Waals surface area contributed by atoms with Crippen LogP contribution < -0.4 is 0 Å². The number of hydrogen-bond donors (Lipinski definition) is 1. The standard InChI is InChI=1S/C23H21F3O/c24-21-14-20(15-22(25)23(21)26)19-11-9-18(10-12-19)17-7-5-16(6-8-17)4-2-1-3-13-27/h5-12,14-15,27H,1-4,13H2. The van der Waals surface area contributed by atoms with Gasteiger partial charge in [0.15, 0.2) is 17.5 Å². The Hall–Kier alpha value is -2.59. The molecule has 0 unspecified atom stereocenters. The van der Waals surface area contributed by atoms with E-state index in [4.69, 9.17) is 5.11 Å². The lowest BCUT2D eigenvalue weighted by molar-refractivity contribution is 0.283. The highest BCUT2D eigenvalue weighted by molar-refractivity contribution is 5.70. The van der Waals surface area contributed by atoms with Crippen molar-refractivity contribution in [2.24, 2.45) is 0 Å². The molecule has 0 spiro atoms. The normalized spacial score (nSPS) is 11.0. The third-order valence-electron chi connectivity index (χ3n) is 4.61. The van der Waals surface area contributed by atoms with Gasteiger partial charge in [-0.2, -0.15) is 0 Å². The number of hydrogen-bond acceptors (Lipinski definition) is 1. The molecule has 3 aromatic rings. The van der Waals surface area contributed by atoms with Crippen LogP contribution in [0, 0.1) is 17.5 Å². The molecular formula is C23H21F3O. The van der Waals surface area contributed by atoms with Gasteiger partial charge in [-0.15, -0.1) is 0 Å². The fourth-order valence-electron chi connectivity index (χ4n) is 3.06. The summed E-state index contributed by atoms with van der Waals surface area (Å²) in [5.74, 6) is -3.83. The molecule has 0 aliphatic rings. The molecule has 27 heavy (non-hydrogen) atoms. The highest BCUT2D eigenvalue weighted by atomic mass is 19.2. The molecule has 0 bridgehead atoms. The van der Waals surface area contributed by atoms with E-state index in [-0.39, 0.29) is 6.61 Å². The summed E-state index contributed by atoms with van der Waals surface area (Å²) < 4.78 is 39.9. The minimum absolute atomic E-state index is 0.242. The van der Waals surface area contributed by atoms with Gasteiger partial charge in [-0.3, -0.25) is 0 Å². The van der Waals surface area contributed by atoms with Crippen molar-refractivity contribution in [3.8, 4) is 22.3 Å². The van der Waals surface area contributed by atoms with Crippen molar-refractivity contribution in [1.82, 2.24) is 0 Å². The Labute approximate surface area is 157 Å². The summed E-state index contributed by atoms with van der Waals surface area (Å²) in [6.45, 7) is 0.242. The maximum atomic E-state index is 13.4. The highest BCUT2D eigenvalue weighted by Crippen LogP contribution is 2.27. The lowest BCUT2D eigenvalue weighted by Crippen LogP contribution is -1.92. The van der Waals surface area contributed by atoms with E-state index in [1.807, 2.05) is 24.3 Å². The third kappa shape index (κ3) is 4.77. The van der Waals surface area contributed by atoms with Crippen molar-refractivity contribution < 1.29 is 18.3 Å². The second kappa shape index (κ2) is 8.87. The minimum Gasteiger partial charge on any atom is -0.396 e. The van der Waals surface area contributed by atoms with E-state index in [2.05, 4.69) is 12.1 Å². The van der Waals surface area contributed by atoms with Gasteiger partial charge in [-0.25, -0.2) is 13.2 Å². The monoisotopic (exact) mass is 370 g/mol. The van der Waals surface area contributed by atoms with Crippen LogP contribution in [-0.2, 0) is 6.42 Å². The third-order valence-corrected chi connectivity index (χ3v) is 4.61. The Morgan fingerprint density at radius 2 is 1.07 bits per heavy atom. The topological polar surface area (TPSA) is 20.2 Å². The van der Waals surface area contributed by atoms with Crippen LogP contribution in [0.5, 0.6) is 0 Å². The molecule has 0 aliphatic carbocycles. The van der Waals surface area contributed by atoms with Crippen LogP contribution in [0.4, 0.5) is 13.2 Å². The van der Waals surface area contributed by atoms with Crippen LogP contribution in [0.15, 0.2) is 60.7 Å². The molecule has 0 amide bonds. The van der Waals surface area contributed by atoms with Gasteiger partial charge in [0.05, 0.1) is 0 Å². The first-order valence-electron chi connectivity index (χ1n) is 9.03. The Kier molecular flexibility index (Phi) is 6.30. The summed E-state index contributed by atoms with van der Waals surface area (Å²) in [6, 6.07) is 17.6. The molecule has 0 saturated heterocycles. The Morgan fingerprint density at radius 3 is 1.59 bits per heavy atom. The van der Waals surface area contributed by atoms with Gasteiger partial charge in [0.25, 0.3) is 0 Å². The van der Waals surface area contributed by atoms with E-state index < -0.39 is 17.5 Å². The average Bonchev–Trinajstić information content (AvgIpc) is 2.70. The molecule has 0 saturated carbocycles. The number of halogens is 3. The fourth-order valence-corrected chi connectivity index (χ4v) is 3.06. The maximum Gasteiger partial charge on any atom is 0.194 e. The number of aryl methyl sites for hydroxylation is 1. The van der Waals surface area contributed by atoms with Crippen molar-refractivity contribution in [2.45, 2.75) is 25.7 Å². The Balaban J connectivity index is 1.72. The van der Waals surface area contributed by atoms with Crippen molar-refractivity contribution in [3.05, 3.63) is 83.7 Å². The second-order valence-electron chi connectivity index (χ2n) is 6.56. The minimum atomic E-state index is -1.45. The van der Waals surface area contributed by atoms with Crippen LogP contribution >= 0.6 is 0 Å². The summed E-state index contributed by atoms with van der Waals surface area (Å²) in [6.07, 6.45) is 3.90. The summed E-state index contributed by atoms with van der Waals surface area (Å²) >= 11 is 0. The zero-order chi connectivity index (χ0) is 19.2. The number of rotatable bonds is 7. The van der Waals surface area contributed by atoms with E-state index in [0.717, 1.165) is 48.9 Å². The number of unbranched alkanes of at least 4 members (excludes halogenated alkanes) is 2. The molecule has 1 nitrogen and oxygen atoms in total. The lowest BCUT2D eigenvalue weighted by atomic mass is 9.98. The predicted octanol–water partition coefficient (Wildman–Crippen LogP) is 6.14. The van der Waals surface area contributed by atoms with E-state index in [0.29, 0.717) is 11.1 Å². The van der Waals surface area contributed by atoms with E-state index >= 15 is 0 Å². The number of aliphatic hydroxyl groups is 1. The first-order valence-corrected chi connectivity index (χ1v) is 9.03. The quantitative estimate of drug-likeness (QED) is 0.391. The smallest absolute Gasteiger partial charge is 0.194 e. The predicted molar refractivity (Wildman–Crippen MR) is 102 cm³/mol. The molecule has 0 radical (unpaired) electrons. The van der Waals surface area contributed by atoms with Gasteiger partial charge in [0.1, 0.15) is 0 Å². The largest absolute Gasteiger partial charge is 0.396 e. The zero-order valence-corrected chi connectivity index (χ0v) is 14.9. The van der Waals surface area contributed by atoms with Crippen molar-refractivity contribution in [3.63, 3.8) is 0 Å². The van der Waals surface area contributed by atoms with Gasteiger partial charge >= 0.3 is 0 Å². The van der Waals surface area contributed by atoms with Crippen LogP contribution in [-0.4, -0.2) is 11.7 Å². The van der Waals surface area contributed by atoms with Gasteiger partial charge < -0.3 is 5.11 Å². The van der Waals surface area contributed by atoms with Crippen LogP contribution in [0.2, 0.25) is 0 Å². The zero-order valence-electron chi connectivity index (χ0n) is 14.9. The molecule has 0 aromatic heterocycles. The maximum absolute atomic E-state index is 13.4. The fraction of sp³-hybridized carbons (Fsp3) is 0.217. The van der Waals surface area contributed by atoms with Crippen molar-refractivity contribution >= 4 is 0 Å². The van der Waals surface area contributed by atoms with E-state index in [1.54, 1.807) is 12.1 Å². The molecule has 0 aliphatic heterocycles. The lowest BCUT2D eigenvalue weighted by Gasteiger charge is -2.07. The molecular weight excluding hydrogens is 349 g/mol. The van der Waals surface area contributed by atoms with Crippen LogP contribution in [0.3, 0.4) is 0 Å². The second-order valence-corrected chi connectivity index (χ2v) is 6.56. The van der Waals surface area contributed by atoms with Crippen molar-refractivity contribution in [1.29, 1.82) is 0 Å². The van der Waals surface area contributed by atoms with E-state index in [1.165, 1.54) is 5.56 Å². The molecule has 4 heteroatoms. The Morgan fingerprint density at radius 1 is 0.593 bits per heavy atom. The van der Waals surface area contributed by atoms with Crippen molar-refractivity contribution in [2.75, 3.05) is 6.61 Å².